The van der Waals surface area contributed by atoms with Crippen LogP contribution in [0.3, 0.4) is 0 Å². The maximum absolute atomic E-state index is 13.2. The van der Waals surface area contributed by atoms with E-state index in [0.29, 0.717) is 24.5 Å². The molecule has 0 unspecified atom stereocenters. The molecule has 1 aliphatic heterocycles. The van der Waals surface area contributed by atoms with E-state index in [0.717, 1.165) is 38.8 Å². The number of hydrogen-bond acceptors (Lipinski definition) is 2. The summed E-state index contributed by atoms with van der Waals surface area (Å²) in [5, 5.41) is 0. The first-order chi connectivity index (χ1) is 12.9. The molecular formula is C24H29NO2. The normalized spacial score (nSPS) is 32.3. The van der Waals surface area contributed by atoms with Crippen molar-refractivity contribution in [2.45, 2.75) is 57.8 Å². The van der Waals surface area contributed by atoms with E-state index in [1.165, 1.54) is 11.1 Å². The molecule has 2 bridgehead atoms. The molecule has 2 atom stereocenters. The summed E-state index contributed by atoms with van der Waals surface area (Å²) in [4.78, 5) is 28.0. The average molecular weight is 364 g/mol. The standard InChI is InChI=1S/C24H29NO2/c1-22(2)18-8-10-24(22,20(26)15-18)16-21(27)25-13-11-23(12-14-25)9-7-17-5-3-4-6-19(17)23/h3-7,9,18H,8,10-16H2,1-2H3/t18-,24-/m1/s1. The van der Waals surface area contributed by atoms with Gasteiger partial charge in [0.2, 0.25) is 5.91 Å². The third kappa shape index (κ3) is 2.20. The zero-order chi connectivity index (χ0) is 18.9. The minimum atomic E-state index is -0.399. The SMILES string of the molecule is CC1(C)[C@@H]2CC[C@@]1(CC(=O)N1CCC3(C=Cc4ccccc43)CC1)C(=O)C2. The Bertz CT molecular complexity index is 844. The molecule has 1 amide bonds. The smallest absolute Gasteiger partial charge is 0.223 e. The molecule has 0 aromatic heterocycles. The Hall–Kier alpha value is -1.90. The zero-order valence-corrected chi connectivity index (χ0v) is 16.5. The summed E-state index contributed by atoms with van der Waals surface area (Å²) in [5.74, 6) is 1.02. The maximum Gasteiger partial charge on any atom is 0.223 e. The lowest BCUT2D eigenvalue weighted by Crippen LogP contribution is -2.47. The van der Waals surface area contributed by atoms with E-state index < -0.39 is 5.41 Å². The first-order valence-electron chi connectivity index (χ1n) is 10.5. The third-order valence-corrected chi connectivity index (χ3v) is 8.68. The van der Waals surface area contributed by atoms with Crippen LogP contribution in [0.5, 0.6) is 0 Å². The summed E-state index contributed by atoms with van der Waals surface area (Å²) in [7, 11) is 0. The van der Waals surface area contributed by atoms with Gasteiger partial charge in [-0.15, -0.1) is 0 Å². The van der Waals surface area contributed by atoms with Gasteiger partial charge in [0.05, 0.1) is 0 Å². The highest BCUT2D eigenvalue weighted by Gasteiger charge is 2.64. The van der Waals surface area contributed by atoms with E-state index in [2.05, 4.69) is 50.3 Å². The topological polar surface area (TPSA) is 37.4 Å². The van der Waals surface area contributed by atoms with Gasteiger partial charge in [0.15, 0.2) is 0 Å². The minimum Gasteiger partial charge on any atom is -0.343 e. The van der Waals surface area contributed by atoms with Crippen LogP contribution in [0.2, 0.25) is 0 Å². The van der Waals surface area contributed by atoms with Crippen LogP contribution in [-0.2, 0) is 15.0 Å². The van der Waals surface area contributed by atoms with E-state index in [4.69, 9.17) is 0 Å². The van der Waals surface area contributed by atoms with Gasteiger partial charge in [-0.05, 0) is 48.1 Å². The van der Waals surface area contributed by atoms with E-state index in [1.807, 2.05) is 4.90 Å². The average Bonchev–Trinajstić information content (AvgIpc) is 3.19. The highest BCUT2D eigenvalue weighted by atomic mass is 16.2. The van der Waals surface area contributed by atoms with Gasteiger partial charge >= 0.3 is 0 Å². The number of carbonyl (C=O) groups is 2. The van der Waals surface area contributed by atoms with Crippen molar-refractivity contribution in [2.24, 2.45) is 16.7 Å². The summed E-state index contributed by atoms with van der Waals surface area (Å²) in [6, 6.07) is 8.63. The van der Waals surface area contributed by atoms with Crippen molar-refractivity contribution in [3.8, 4) is 0 Å². The number of carbonyl (C=O) groups excluding carboxylic acids is 2. The molecule has 3 nitrogen and oxygen atoms in total. The summed E-state index contributed by atoms with van der Waals surface area (Å²) in [5.41, 5.74) is 2.42. The molecule has 1 aromatic carbocycles. The van der Waals surface area contributed by atoms with Crippen molar-refractivity contribution in [1.29, 1.82) is 0 Å². The highest BCUT2D eigenvalue weighted by Crippen LogP contribution is 2.65. The predicted octanol–water partition coefficient (Wildman–Crippen LogP) is 4.36. The number of fused-ring (bicyclic) bond motifs is 4. The number of likely N-dealkylation sites (tertiary alicyclic amines) is 1. The summed E-state index contributed by atoms with van der Waals surface area (Å²) in [6.45, 7) is 6.03. The lowest BCUT2D eigenvalue weighted by molar-refractivity contribution is -0.142. The molecule has 3 fully saturated rings. The Kier molecular flexibility index (Phi) is 3.54. The number of allylic oxidation sites excluding steroid dienone is 1. The Morgan fingerprint density at radius 2 is 1.89 bits per heavy atom. The fourth-order valence-electron chi connectivity index (χ4n) is 6.58. The van der Waals surface area contributed by atoms with Crippen LogP contribution in [0, 0.1) is 16.7 Å². The van der Waals surface area contributed by atoms with Crippen LogP contribution >= 0.6 is 0 Å². The van der Waals surface area contributed by atoms with Crippen LogP contribution in [0.4, 0.5) is 0 Å². The number of rotatable bonds is 2. The van der Waals surface area contributed by atoms with Gasteiger partial charge in [0.25, 0.3) is 0 Å². The lowest BCUT2D eigenvalue weighted by Gasteiger charge is -2.42. The first-order valence-corrected chi connectivity index (χ1v) is 10.5. The maximum atomic E-state index is 13.2. The van der Waals surface area contributed by atoms with Gasteiger partial charge in [-0.25, -0.2) is 0 Å². The number of ketones is 1. The summed E-state index contributed by atoms with van der Waals surface area (Å²) >= 11 is 0. The van der Waals surface area contributed by atoms with E-state index >= 15 is 0 Å². The van der Waals surface area contributed by atoms with Gasteiger partial charge in [-0.1, -0.05) is 50.3 Å². The fraction of sp³-hybridized carbons (Fsp3) is 0.583. The van der Waals surface area contributed by atoms with Gasteiger partial charge in [-0.2, -0.15) is 0 Å². The fourth-order valence-corrected chi connectivity index (χ4v) is 6.58. The van der Waals surface area contributed by atoms with Crippen molar-refractivity contribution in [3.63, 3.8) is 0 Å². The highest BCUT2D eigenvalue weighted by molar-refractivity contribution is 5.94. The van der Waals surface area contributed by atoms with E-state index in [-0.39, 0.29) is 16.7 Å². The van der Waals surface area contributed by atoms with Crippen molar-refractivity contribution in [2.75, 3.05) is 13.1 Å². The van der Waals surface area contributed by atoms with Crippen LogP contribution in [-0.4, -0.2) is 29.7 Å². The Morgan fingerprint density at radius 1 is 1.15 bits per heavy atom. The lowest BCUT2D eigenvalue weighted by atomic mass is 9.66. The molecule has 1 aromatic rings. The van der Waals surface area contributed by atoms with Crippen molar-refractivity contribution in [3.05, 3.63) is 41.5 Å². The van der Waals surface area contributed by atoms with E-state index in [9.17, 15) is 9.59 Å². The Balaban J connectivity index is 1.31. The second-order valence-corrected chi connectivity index (χ2v) is 9.80. The second kappa shape index (κ2) is 5.56. The zero-order valence-electron chi connectivity index (χ0n) is 16.5. The molecule has 0 N–H and O–H groups in total. The molecule has 142 valence electrons. The number of piperidine rings is 1. The quantitative estimate of drug-likeness (QED) is 0.783. The molecule has 27 heavy (non-hydrogen) atoms. The predicted molar refractivity (Wildman–Crippen MR) is 106 cm³/mol. The minimum absolute atomic E-state index is 0.0239. The first kappa shape index (κ1) is 17.2. The molecule has 5 rings (SSSR count). The van der Waals surface area contributed by atoms with Gasteiger partial charge in [0, 0.05) is 36.8 Å². The second-order valence-electron chi connectivity index (χ2n) is 9.80. The molecule has 1 saturated heterocycles. The van der Waals surface area contributed by atoms with Gasteiger partial charge in [0.1, 0.15) is 5.78 Å². The molecule has 1 spiro atoms. The molecule has 0 radical (unpaired) electrons. The number of nitrogens with zero attached hydrogens (tertiary/aromatic N) is 1. The van der Waals surface area contributed by atoms with Crippen LogP contribution in [0.25, 0.3) is 6.08 Å². The molecule has 4 aliphatic rings. The molecule has 2 saturated carbocycles. The number of Topliss-reactive ketones (excluding diaryl/α,β-unsaturated/α-hetero) is 1. The largest absolute Gasteiger partial charge is 0.343 e. The third-order valence-electron chi connectivity index (χ3n) is 8.68. The number of amides is 1. The van der Waals surface area contributed by atoms with Crippen LogP contribution in [0.1, 0.15) is 63.5 Å². The number of benzene rings is 1. The Morgan fingerprint density at radius 3 is 2.56 bits per heavy atom. The summed E-state index contributed by atoms with van der Waals surface area (Å²) in [6.07, 6.45) is 9.69. The molecule has 1 heterocycles. The van der Waals surface area contributed by atoms with Crippen LogP contribution in [0.15, 0.2) is 30.3 Å². The molecular weight excluding hydrogens is 334 g/mol. The Labute approximate surface area is 161 Å². The van der Waals surface area contributed by atoms with Gasteiger partial charge in [-0.3, -0.25) is 9.59 Å². The van der Waals surface area contributed by atoms with Crippen molar-refractivity contribution < 1.29 is 9.59 Å². The van der Waals surface area contributed by atoms with Gasteiger partial charge < -0.3 is 4.90 Å². The molecule has 3 heteroatoms. The number of hydrogen-bond donors (Lipinski definition) is 0. The summed E-state index contributed by atoms with van der Waals surface area (Å²) < 4.78 is 0. The van der Waals surface area contributed by atoms with E-state index in [1.54, 1.807) is 0 Å². The van der Waals surface area contributed by atoms with Crippen molar-refractivity contribution in [1.82, 2.24) is 4.90 Å². The van der Waals surface area contributed by atoms with Crippen molar-refractivity contribution >= 4 is 17.8 Å². The monoisotopic (exact) mass is 363 g/mol. The molecule has 3 aliphatic carbocycles. The van der Waals surface area contributed by atoms with Crippen LogP contribution < -0.4 is 0 Å².